The van der Waals surface area contributed by atoms with Gasteiger partial charge in [-0.25, -0.2) is 5.43 Å². The standard InChI is InChI=1S/C15H16N2O4/c1-9-7-12(10(2)21-9)15(19)17-16-8-11-5-4-6-13(20-3)14(11)18/h4-8,18H,1-3H3,(H,17,19)/b16-8-. The summed E-state index contributed by atoms with van der Waals surface area (Å²) >= 11 is 0. The number of rotatable bonds is 4. The lowest BCUT2D eigenvalue weighted by molar-refractivity contribution is 0.0953. The topological polar surface area (TPSA) is 84.1 Å². The number of hydrogen-bond donors (Lipinski definition) is 2. The number of carbonyl (C=O) groups excluding carboxylic acids is 1. The Labute approximate surface area is 122 Å². The quantitative estimate of drug-likeness (QED) is 0.668. The van der Waals surface area contributed by atoms with E-state index in [-0.39, 0.29) is 11.7 Å². The van der Waals surface area contributed by atoms with Crippen LogP contribution < -0.4 is 10.2 Å². The highest BCUT2D eigenvalue weighted by Gasteiger charge is 2.12. The van der Waals surface area contributed by atoms with Gasteiger partial charge in [-0.3, -0.25) is 4.79 Å². The average Bonchev–Trinajstić information content (AvgIpc) is 2.79. The van der Waals surface area contributed by atoms with Crippen molar-refractivity contribution in [3.05, 3.63) is 46.9 Å². The number of carbonyl (C=O) groups is 1. The molecule has 0 saturated heterocycles. The Morgan fingerprint density at radius 1 is 1.43 bits per heavy atom. The molecular formula is C15H16N2O4. The molecule has 1 heterocycles. The van der Waals surface area contributed by atoms with E-state index in [1.54, 1.807) is 38.1 Å². The van der Waals surface area contributed by atoms with E-state index in [1.165, 1.54) is 13.3 Å². The Balaban J connectivity index is 2.09. The highest BCUT2D eigenvalue weighted by Crippen LogP contribution is 2.27. The van der Waals surface area contributed by atoms with E-state index in [9.17, 15) is 9.90 Å². The van der Waals surface area contributed by atoms with Gasteiger partial charge in [-0.1, -0.05) is 6.07 Å². The molecule has 0 aliphatic carbocycles. The fourth-order valence-corrected chi connectivity index (χ4v) is 1.89. The molecule has 1 amide bonds. The first-order chi connectivity index (χ1) is 10.0. The van der Waals surface area contributed by atoms with Crippen LogP contribution in [0.1, 0.15) is 27.4 Å². The molecule has 2 rings (SSSR count). The first-order valence-electron chi connectivity index (χ1n) is 6.29. The lowest BCUT2D eigenvalue weighted by Crippen LogP contribution is -2.17. The number of aryl methyl sites for hydroxylation is 2. The molecule has 6 nitrogen and oxygen atoms in total. The number of nitrogens with zero attached hydrogens (tertiary/aromatic N) is 1. The summed E-state index contributed by atoms with van der Waals surface area (Å²) in [6, 6.07) is 6.64. The number of methoxy groups -OCH3 is 1. The van der Waals surface area contributed by atoms with Crippen molar-refractivity contribution < 1.29 is 19.1 Å². The minimum atomic E-state index is -0.372. The van der Waals surface area contributed by atoms with Crippen molar-refractivity contribution >= 4 is 12.1 Å². The van der Waals surface area contributed by atoms with Crippen molar-refractivity contribution in [2.75, 3.05) is 7.11 Å². The lowest BCUT2D eigenvalue weighted by atomic mass is 10.2. The Kier molecular flexibility index (Phi) is 4.27. The molecule has 2 aromatic rings. The molecule has 0 radical (unpaired) electrons. The number of benzene rings is 1. The number of ether oxygens (including phenoxy) is 1. The van der Waals surface area contributed by atoms with Gasteiger partial charge in [0, 0.05) is 5.56 Å². The summed E-state index contributed by atoms with van der Waals surface area (Å²) in [6.45, 7) is 3.47. The van der Waals surface area contributed by atoms with Crippen molar-refractivity contribution in [2.24, 2.45) is 5.10 Å². The second kappa shape index (κ2) is 6.13. The lowest BCUT2D eigenvalue weighted by Gasteiger charge is -2.04. The maximum atomic E-state index is 11.9. The molecule has 110 valence electrons. The molecule has 1 aromatic carbocycles. The van der Waals surface area contributed by atoms with Crippen LogP contribution in [0, 0.1) is 13.8 Å². The zero-order valence-electron chi connectivity index (χ0n) is 12.0. The number of phenolic OH excluding ortho intramolecular Hbond substituents is 1. The van der Waals surface area contributed by atoms with Crippen molar-refractivity contribution in [1.82, 2.24) is 5.43 Å². The molecule has 0 unspecified atom stereocenters. The van der Waals surface area contributed by atoms with Gasteiger partial charge in [0.05, 0.1) is 18.9 Å². The smallest absolute Gasteiger partial charge is 0.274 e. The number of hydrazone groups is 1. The molecule has 0 fully saturated rings. The van der Waals surface area contributed by atoms with Gasteiger partial charge in [-0.15, -0.1) is 0 Å². The molecular weight excluding hydrogens is 272 g/mol. The van der Waals surface area contributed by atoms with E-state index in [0.717, 1.165) is 0 Å². The Morgan fingerprint density at radius 2 is 2.19 bits per heavy atom. The maximum Gasteiger partial charge on any atom is 0.274 e. The molecule has 6 heteroatoms. The largest absolute Gasteiger partial charge is 0.504 e. The Morgan fingerprint density at radius 3 is 2.81 bits per heavy atom. The molecule has 1 aromatic heterocycles. The predicted octanol–water partition coefficient (Wildman–Crippen LogP) is 2.37. The Bertz CT molecular complexity index is 689. The van der Waals surface area contributed by atoms with Crippen molar-refractivity contribution in [3.63, 3.8) is 0 Å². The summed E-state index contributed by atoms with van der Waals surface area (Å²) in [7, 11) is 1.46. The minimum absolute atomic E-state index is 0.0339. The third kappa shape index (κ3) is 3.22. The Hall–Kier alpha value is -2.76. The van der Waals surface area contributed by atoms with Crippen LogP contribution in [0.25, 0.3) is 0 Å². The number of para-hydroxylation sites is 1. The molecule has 0 spiro atoms. The van der Waals surface area contributed by atoms with Crippen LogP contribution in [0.4, 0.5) is 0 Å². The van der Waals surface area contributed by atoms with Gasteiger partial charge in [0.15, 0.2) is 11.5 Å². The second-order valence-corrected chi connectivity index (χ2v) is 4.42. The monoisotopic (exact) mass is 288 g/mol. The maximum absolute atomic E-state index is 11.9. The molecule has 0 saturated carbocycles. The third-order valence-electron chi connectivity index (χ3n) is 2.91. The third-order valence-corrected chi connectivity index (χ3v) is 2.91. The summed E-state index contributed by atoms with van der Waals surface area (Å²) in [5.41, 5.74) is 3.25. The van der Waals surface area contributed by atoms with Crippen LogP contribution >= 0.6 is 0 Å². The van der Waals surface area contributed by atoms with Gasteiger partial charge in [0.25, 0.3) is 5.91 Å². The van der Waals surface area contributed by atoms with Crippen LogP contribution in [-0.2, 0) is 0 Å². The fraction of sp³-hybridized carbons (Fsp3) is 0.200. The number of nitrogens with one attached hydrogen (secondary N) is 1. The van der Waals surface area contributed by atoms with Gasteiger partial charge in [0.1, 0.15) is 11.5 Å². The summed E-state index contributed by atoms with van der Waals surface area (Å²) in [5, 5.41) is 13.7. The molecule has 21 heavy (non-hydrogen) atoms. The van der Waals surface area contributed by atoms with E-state index in [1.807, 2.05) is 0 Å². The molecule has 2 N–H and O–H groups in total. The minimum Gasteiger partial charge on any atom is -0.504 e. The number of aromatic hydroxyl groups is 1. The van der Waals surface area contributed by atoms with E-state index in [4.69, 9.17) is 9.15 Å². The first-order valence-corrected chi connectivity index (χ1v) is 6.29. The molecule has 0 aliphatic heterocycles. The van der Waals surface area contributed by atoms with Gasteiger partial charge in [-0.2, -0.15) is 5.10 Å². The van der Waals surface area contributed by atoms with Crippen LogP contribution in [0.3, 0.4) is 0 Å². The van der Waals surface area contributed by atoms with Crippen molar-refractivity contribution in [1.29, 1.82) is 0 Å². The molecule has 0 atom stereocenters. The van der Waals surface area contributed by atoms with Gasteiger partial charge >= 0.3 is 0 Å². The molecule has 0 bridgehead atoms. The average molecular weight is 288 g/mol. The number of hydrogen-bond acceptors (Lipinski definition) is 5. The van der Waals surface area contributed by atoms with Gasteiger partial charge < -0.3 is 14.3 Å². The van der Waals surface area contributed by atoms with E-state index < -0.39 is 0 Å². The van der Waals surface area contributed by atoms with Crippen LogP contribution in [0.15, 0.2) is 33.8 Å². The van der Waals surface area contributed by atoms with E-state index in [0.29, 0.717) is 28.4 Å². The van der Waals surface area contributed by atoms with E-state index >= 15 is 0 Å². The molecule has 0 aliphatic rings. The zero-order chi connectivity index (χ0) is 15.4. The highest BCUT2D eigenvalue weighted by atomic mass is 16.5. The second-order valence-electron chi connectivity index (χ2n) is 4.42. The van der Waals surface area contributed by atoms with Crippen LogP contribution in [-0.4, -0.2) is 24.3 Å². The SMILES string of the molecule is COc1cccc(/C=N\NC(=O)c2cc(C)oc2C)c1O. The number of furan rings is 1. The summed E-state index contributed by atoms with van der Waals surface area (Å²) in [6.07, 6.45) is 1.35. The fourth-order valence-electron chi connectivity index (χ4n) is 1.89. The van der Waals surface area contributed by atoms with Crippen molar-refractivity contribution in [3.8, 4) is 11.5 Å². The zero-order valence-corrected chi connectivity index (χ0v) is 12.0. The number of amides is 1. The van der Waals surface area contributed by atoms with Crippen LogP contribution in [0.5, 0.6) is 11.5 Å². The normalized spacial score (nSPS) is 10.8. The highest BCUT2D eigenvalue weighted by molar-refractivity contribution is 5.96. The van der Waals surface area contributed by atoms with E-state index in [2.05, 4.69) is 10.5 Å². The predicted molar refractivity (Wildman–Crippen MR) is 77.9 cm³/mol. The van der Waals surface area contributed by atoms with Crippen molar-refractivity contribution in [2.45, 2.75) is 13.8 Å². The number of phenols is 1. The van der Waals surface area contributed by atoms with Gasteiger partial charge in [0.2, 0.25) is 0 Å². The van der Waals surface area contributed by atoms with Crippen LogP contribution in [0.2, 0.25) is 0 Å². The van der Waals surface area contributed by atoms with Gasteiger partial charge in [-0.05, 0) is 32.0 Å². The summed E-state index contributed by atoms with van der Waals surface area (Å²) in [4.78, 5) is 11.9. The summed E-state index contributed by atoms with van der Waals surface area (Å²) < 4.78 is 10.3. The first kappa shape index (κ1) is 14.6. The summed E-state index contributed by atoms with van der Waals surface area (Å²) in [5.74, 6) is 1.12.